The number of benzene rings is 6. The summed E-state index contributed by atoms with van der Waals surface area (Å²) >= 11 is 27.2. The van der Waals surface area contributed by atoms with Crippen LogP contribution in [0.2, 0.25) is 20.1 Å². The molecule has 15 heteroatoms. The van der Waals surface area contributed by atoms with Crippen LogP contribution in [0.4, 0.5) is 11.6 Å². The largest absolute Gasteiger partial charge is 0.738 e. The number of aromatic nitrogens is 2. The molecule has 0 fully saturated rings. The summed E-state index contributed by atoms with van der Waals surface area (Å²) < 4.78 is 19.2. The molecule has 0 atom stereocenters. The number of halogens is 4. The van der Waals surface area contributed by atoms with E-state index in [2.05, 4.69) is 0 Å². The van der Waals surface area contributed by atoms with Crippen LogP contribution in [0, 0.1) is 13.8 Å². The van der Waals surface area contributed by atoms with E-state index in [4.69, 9.17) is 85.2 Å². The predicted octanol–water partition coefficient (Wildman–Crippen LogP) is 10.8. The molecule has 61 heavy (non-hydrogen) atoms. The maximum atomic E-state index is 7.66. The second-order valence-electron chi connectivity index (χ2n) is 15.1. The van der Waals surface area contributed by atoms with Crippen LogP contribution >= 0.6 is 46.4 Å². The lowest BCUT2D eigenvalue weighted by Gasteiger charge is -2.33. The van der Waals surface area contributed by atoms with Crippen molar-refractivity contribution in [3.8, 4) is 11.5 Å². The monoisotopic (exact) mass is 890 g/mol. The molecule has 6 bridgehead atoms. The topological polar surface area (TPSA) is 102 Å². The van der Waals surface area contributed by atoms with Gasteiger partial charge in [0, 0.05) is 63.9 Å². The normalized spacial score (nSPS) is 18.0. The molecule has 0 N–H and O–H groups in total. The van der Waals surface area contributed by atoms with E-state index in [1.165, 1.54) is 0 Å². The highest BCUT2D eigenvalue weighted by Gasteiger charge is 2.57. The first-order valence-electron chi connectivity index (χ1n) is 19.2. The third kappa shape index (κ3) is 5.62. The van der Waals surface area contributed by atoms with E-state index in [0.29, 0.717) is 110 Å². The fourth-order valence-corrected chi connectivity index (χ4v) is 12.2. The van der Waals surface area contributed by atoms with Gasteiger partial charge in [0.25, 0.3) is 0 Å². The Morgan fingerprint density at radius 3 is 1.39 bits per heavy atom. The maximum absolute atomic E-state index is 7.66. The van der Waals surface area contributed by atoms with Crippen LogP contribution in [0.15, 0.2) is 151 Å². The Bertz CT molecular complexity index is 3510. The lowest BCUT2D eigenvalue weighted by atomic mass is 10.1. The van der Waals surface area contributed by atoms with Crippen LogP contribution in [0.5, 0.6) is 11.5 Å². The molecule has 0 saturated carbocycles. The van der Waals surface area contributed by atoms with E-state index in [1.54, 1.807) is 0 Å². The Morgan fingerprint density at radius 2 is 0.820 bits per heavy atom. The standard InChI is InChI=1S/C46H26Cl4N8O2Si/c1-23-3-11-29(12-4-23)59-61(60-30-13-5-24(2)6-14-30)57-44-33-17-9-27(49)21-37(33)45(57)53-39-31-15-7-25(47)19-35(31)41(51-39)55-43-34-18-10-28(50)22-38(34)46(58(43)61)54-40-32-16-8-26(48)20-36(32)42(52-40)56-44/h3-22H,1-2H3/b53-39-,53-45?,54-40?,54-46-,55-41?,55-43-,56-42-,56-44?. The van der Waals surface area contributed by atoms with E-state index in [9.17, 15) is 0 Å². The number of nitrogens with zero attached hydrogens (tertiary/aromatic N) is 8. The van der Waals surface area contributed by atoms with Gasteiger partial charge in [0.15, 0.2) is 23.3 Å². The van der Waals surface area contributed by atoms with Gasteiger partial charge >= 0.3 is 8.88 Å². The van der Waals surface area contributed by atoms with Crippen molar-refractivity contribution in [3.63, 3.8) is 0 Å². The van der Waals surface area contributed by atoms with E-state index in [0.717, 1.165) is 22.3 Å². The van der Waals surface area contributed by atoms with Crippen LogP contribution in [-0.4, -0.2) is 40.7 Å². The number of fused-ring (bicyclic) bond motifs is 14. The van der Waals surface area contributed by atoms with E-state index in [1.807, 2.05) is 144 Å². The summed E-state index contributed by atoms with van der Waals surface area (Å²) in [5.74, 6) is 3.49. The molecular formula is C46H26Cl4N8O2Si. The minimum atomic E-state index is -4.60. The average molecular weight is 893 g/mol. The highest BCUT2D eigenvalue weighted by molar-refractivity contribution is 6.67. The fourth-order valence-electron chi connectivity index (χ4n) is 8.25. The van der Waals surface area contributed by atoms with Gasteiger partial charge in [-0.05, 0) is 111 Å². The molecule has 6 aromatic carbocycles. The number of hydrogen-bond donors (Lipinski definition) is 0. The molecule has 0 aliphatic carbocycles. The first kappa shape index (κ1) is 36.5. The second kappa shape index (κ2) is 13.3. The van der Waals surface area contributed by atoms with Gasteiger partial charge in [0.2, 0.25) is 0 Å². The minimum absolute atomic E-state index is 0.389. The zero-order valence-electron chi connectivity index (χ0n) is 32.0. The summed E-state index contributed by atoms with van der Waals surface area (Å²) in [5.41, 5.74) is 5.84. The van der Waals surface area contributed by atoms with Crippen molar-refractivity contribution < 1.29 is 8.85 Å². The van der Waals surface area contributed by atoms with E-state index >= 15 is 0 Å². The molecule has 0 spiro atoms. The van der Waals surface area contributed by atoms with Gasteiger partial charge in [-0.3, -0.25) is 8.47 Å². The first-order chi connectivity index (χ1) is 29.6. The Balaban J connectivity index is 1.39. The smallest absolute Gasteiger partial charge is 0.480 e. The van der Waals surface area contributed by atoms with E-state index in [-0.39, 0.29) is 0 Å². The molecule has 8 aromatic rings. The van der Waals surface area contributed by atoms with Crippen molar-refractivity contribution in [3.05, 3.63) is 186 Å². The van der Waals surface area contributed by atoms with Crippen LogP contribution in [0.3, 0.4) is 0 Å². The lowest BCUT2D eigenvalue weighted by molar-refractivity contribution is 0.345. The van der Waals surface area contributed by atoms with Crippen molar-refractivity contribution in [2.75, 3.05) is 0 Å². The lowest BCUT2D eigenvalue weighted by Crippen LogP contribution is -2.68. The van der Waals surface area contributed by atoms with Gasteiger partial charge in [-0.25, -0.2) is 30.0 Å². The summed E-state index contributed by atoms with van der Waals surface area (Å²) in [6, 6.07) is 38.1. The third-order valence-corrected chi connectivity index (χ3v) is 15.0. The number of aliphatic imine (C=N–C) groups is 4. The van der Waals surface area contributed by atoms with Crippen LogP contribution in [-0.2, 0) is 0 Å². The molecule has 0 radical (unpaired) electrons. The van der Waals surface area contributed by atoms with Crippen LogP contribution in [0.1, 0.15) is 33.4 Å². The maximum Gasteiger partial charge on any atom is 0.738 e. The van der Waals surface area contributed by atoms with Crippen molar-refractivity contribution in [2.24, 2.45) is 30.0 Å². The van der Waals surface area contributed by atoms with Gasteiger partial charge in [0.1, 0.15) is 34.1 Å². The van der Waals surface area contributed by atoms with Crippen LogP contribution < -0.4 is 19.8 Å². The molecule has 294 valence electrons. The summed E-state index contributed by atoms with van der Waals surface area (Å²) in [6.45, 7) is 4.05. The second-order valence-corrected chi connectivity index (χ2v) is 19.2. The molecule has 4 aliphatic heterocycles. The summed E-state index contributed by atoms with van der Waals surface area (Å²) in [4.78, 5) is 32.1. The Kier molecular flexibility index (Phi) is 7.98. The van der Waals surface area contributed by atoms with E-state index < -0.39 is 8.88 Å². The molecule has 6 heterocycles. The summed E-state index contributed by atoms with van der Waals surface area (Å²) in [5, 5.41) is 4.76. The first-order valence-corrected chi connectivity index (χ1v) is 22.4. The zero-order valence-corrected chi connectivity index (χ0v) is 36.0. The highest BCUT2D eigenvalue weighted by Crippen LogP contribution is 2.45. The molecule has 2 aromatic heterocycles. The Labute approximate surface area is 368 Å². The SMILES string of the molecule is Cc1ccc(O[Si]2(Oc3ccc(C)cc3)n3c4c5cc(Cl)ccc5c3/N=C3N=C(/N=c5/c6cc(Cl)ccc6/c(n52)=N/C2=NC(=N\4)/c4ccc(Cl)cc42)c2ccc(Cl)cc2\3)cc1. The Hall–Kier alpha value is -6.34. The van der Waals surface area contributed by atoms with Crippen molar-refractivity contribution in [1.82, 2.24) is 8.47 Å². The number of aryl methyl sites for hydroxylation is 2. The van der Waals surface area contributed by atoms with Crippen LogP contribution in [0.25, 0.3) is 21.5 Å². The molecular weight excluding hydrogens is 866 g/mol. The molecule has 10 nitrogen and oxygen atoms in total. The van der Waals surface area contributed by atoms with Gasteiger partial charge in [-0.15, -0.1) is 0 Å². The predicted molar refractivity (Wildman–Crippen MR) is 245 cm³/mol. The zero-order chi connectivity index (χ0) is 41.3. The van der Waals surface area contributed by atoms with Gasteiger partial charge in [-0.1, -0.05) is 81.8 Å². The summed E-state index contributed by atoms with van der Waals surface area (Å²) in [7, 11) is -4.60. The quantitative estimate of drug-likeness (QED) is 0.164. The molecule has 0 saturated heterocycles. The van der Waals surface area contributed by atoms with Crippen molar-refractivity contribution in [2.45, 2.75) is 13.8 Å². The van der Waals surface area contributed by atoms with Gasteiger partial charge in [0.05, 0.1) is 0 Å². The van der Waals surface area contributed by atoms with Gasteiger partial charge in [-0.2, -0.15) is 0 Å². The molecule has 0 unspecified atom stereocenters. The highest BCUT2D eigenvalue weighted by atomic mass is 35.5. The Morgan fingerprint density at radius 1 is 0.393 bits per heavy atom. The minimum Gasteiger partial charge on any atom is -0.480 e. The summed E-state index contributed by atoms with van der Waals surface area (Å²) in [6.07, 6.45) is 0. The average Bonchev–Trinajstić information content (AvgIpc) is 3.94. The molecule has 0 amide bonds. The van der Waals surface area contributed by atoms with Crippen molar-refractivity contribution >= 4 is 112 Å². The van der Waals surface area contributed by atoms with Gasteiger partial charge < -0.3 is 8.85 Å². The number of rotatable bonds is 4. The van der Waals surface area contributed by atoms with Crippen molar-refractivity contribution in [1.29, 1.82) is 0 Å². The number of amidine groups is 4. The third-order valence-electron chi connectivity index (χ3n) is 11.1. The molecule has 4 aliphatic rings. The molecule has 12 rings (SSSR count). The fraction of sp³-hybridized carbons (Fsp3) is 0.0435. The number of hydrogen-bond acceptors (Lipinski definition) is 8.